The fourth-order valence-corrected chi connectivity index (χ4v) is 8.70. The molecule has 50 heavy (non-hydrogen) atoms. The van der Waals surface area contributed by atoms with E-state index in [-0.39, 0.29) is 11.6 Å². The Kier molecular flexibility index (Phi) is 12.5. The molecule has 0 saturated heterocycles. The predicted octanol–water partition coefficient (Wildman–Crippen LogP) is 12.6. The van der Waals surface area contributed by atoms with E-state index in [2.05, 4.69) is 79.9 Å². The molecule has 6 rings (SSSR count). The molecule has 2 N–H and O–H groups in total. The smallest absolute Gasteiger partial charge is 0.197 e. The number of ketones is 2. The first-order valence-corrected chi connectivity index (χ1v) is 20.1. The third-order valence-electron chi connectivity index (χ3n) is 10.7. The third kappa shape index (κ3) is 8.20. The number of hydrogen-bond donors (Lipinski definition) is 2. The van der Waals surface area contributed by atoms with Crippen molar-refractivity contribution in [1.29, 1.82) is 0 Å². The molecule has 1 saturated carbocycles. The molecule has 0 amide bonds. The molecule has 4 aromatic rings. The summed E-state index contributed by atoms with van der Waals surface area (Å²) >= 11 is 1.55. The summed E-state index contributed by atoms with van der Waals surface area (Å²) in [7, 11) is 0. The lowest BCUT2D eigenvalue weighted by Crippen LogP contribution is -2.25. The fourth-order valence-electron chi connectivity index (χ4n) is 7.73. The Hall–Kier alpha value is -3.83. The quantitative estimate of drug-likeness (QED) is 0.101. The number of anilines is 2. The van der Waals surface area contributed by atoms with Crippen LogP contribution in [-0.2, 0) is 0 Å². The molecule has 4 nitrogen and oxygen atoms in total. The highest BCUT2D eigenvalue weighted by Crippen LogP contribution is 2.42. The van der Waals surface area contributed by atoms with Crippen LogP contribution >= 0.6 is 11.8 Å². The lowest BCUT2D eigenvalue weighted by Gasteiger charge is -2.29. The Morgan fingerprint density at radius 1 is 0.600 bits per heavy atom. The Morgan fingerprint density at radius 3 is 1.78 bits per heavy atom. The molecule has 2 aliphatic carbocycles. The van der Waals surface area contributed by atoms with E-state index in [4.69, 9.17) is 0 Å². The monoisotopic (exact) mass is 686 g/mol. The van der Waals surface area contributed by atoms with Gasteiger partial charge in [-0.2, -0.15) is 0 Å². The molecule has 0 spiro atoms. The van der Waals surface area contributed by atoms with E-state index < -0.39 is 0 Å². The van der Waals surface area contributed by atoms with Crippen LogP contribution in [0.1, 0.15) is 141 Å². The zero-order chi connectivity index (χ0) is 34.9. The maximum Gasteiger partial charge on any atom is 0.197 e. The number of rotatable bonds is 16. The van der Waals surface area contributed by atoms with Gasteiger partial charge in [-0.25, -0.2) is 0 Å². The second-order valence-corrected chi connectivity index (χ2v) is 15.4. The highest BCUT2D eigenvalue weighted by Gasteiger charge is 2.36. The van der Waals surface area contributed by atoms with Crippen LogP contribution in [0.2, 0.25) is 0 Å². The molecule has 1 fully saturated rings. The number of fused-ring (bicyclic) bond motifs is 2. The van der Waals surface area contributed by atoms with Gasteiger partial charge in [-0.1, -0.05) is 120 Å². The van der Waals surface area contributed by atoms with Gasteiger partial charge in [0.2, 0.25) is 0 Å². The minimum atomic E-state index is -0.0889. The van der Waals surface area contributed by atoms with Gasteiger partial charge < -0.3 is 10.6 Å². The number of unbranched alkanes of at least 4 members (excludes halogenated alkanes) is 4. The van der Waals surface area contributed by atoms with Gasteiger partial charge in [-0.3, -0.25) is 9.59 Å². The van der Waals surface area contributed by atoms with Crippen LogP contribution in [0.25, 0.3) is 11.1 Å². The molecule has 0 aliphatic heterocycles. The summed E-state index contributed by atoms with van der Waals surface area (Å²) < 4.78 is 0. The number of carbonyl (C=O) groups is 2. The van der Waals surface area contributed by atoms with Crippen LogP contribution in [0.15, 0.2) is 88.7 Å². The van der Waals surface area contributed by atoms with E-state index in [0.717, 1.165) is 65.9 Å². The number of nitrogens with one attached hydrogen (secondary N) is 2. The van der Waals surface area contributed by atoms with Crippen molar-refractivity contribution in [1.82, 2.24) is 0 Å². The second kappa shape index (κ2) is 17.4. The molecule has 0 radical (unpaired) electrons. The Morgan fingerprint density at radius 2 is 1.18 bits per heavy atom. The average molecular weight is 687 g/mol. The van der Waals surface area contributed by atoms with Crippen molar-refractivity contribution in [3.63, 3.8) is 0 Å². The number of hydrogen-bond acceptors (Lipinski definition) is 5. The van der Waals surface area contributed by atoms with Gasteiger partial charge in [0.05, 0.1) is 11.1 Å². The maximum absolute atomic E-state index is 14.4. The van der Waals surface area contributed by atoms with Crippen LogP contribution in [0, 0.1) is 5.92 Å². The third-order valence-corrected chi connectivity index (χ3v) is 11.8. The molecule has 0 bridgehead atoms. The number of benzene rings is 4. The van der Waals surface area contributed by atoms with Gasteiger partial charge >= 0.3 is 0 Å². The zero-order valence-corrected chi connectivity index (χ0v) is 31.1. The molecule has 262 valence electrons. The SMILES string of the molecule is CCCCCC1CCC(c2ccc(-c3ccc(Sc4cccc5c4C(=O)c4c(NCCCC)ccc(NCCCC)c4C5=O)cc3)cc2)CC1. The maximum atomic E-state index is 14.4. The first kappa shape index (κ1) is 36.0. The van der Waals surface area contributed by atoms with Crippen molar-refractivity contribution in [3.05, 3.63) is 107 Å². The molecular weight excluding hydrogens is 633 g/mol. The van der Waals surface area contributed by atoms with E-state index in [1.54, 1.807) is 11.8 Å². The van der Waals surface area contributed by atoms with Crippen LogP contribution in [0.5, 0.6) is 0 Å². The summed E-state index contributed by atoms with van der Waals surface area (Å²) in [4.78, 5) is 30.4. The summed E-state index contributed by atoms with van der Waals surface area (Å²) in [5.74, 6) is 1.45. The van der Waals surface area contributed by atoms with Gasteiger partial charge in [0.1, 0.15) is 0 Å². The van der Waals surface area contributed by atoms with Gasteiger partial charge in [0.25, 0.3) is 0 Å². The minimum Gasteiger partial charge on any atom is -0.384 e. The Labute approximate surface area is 304 Å². The van der Waals surface area contributed by atoms with Crippen molar-refractivity contribution in [3.8, 4) is 11.1 Å². The van der Waals surface area contributed by atoms with Crippen molar-refractivity contribution in [2.45, 2.75) is 114 Å². The summed E-state index contributed by atoms with van der Waals surface area (Å²) in [5, 5.41) is 6.91. The first-order valence-electron chi connectivity index (χ1n) is 19.3. The molecule has 0 aromatic heterocycles. The second-order valence-electron chi connectivity index (χ2n) is 14.3. The van der Waals surface area contributed by atoms with Crippen molar-refractivity contribution in [2.75, 3.05) is 23.7 Å². The molecular formula is C45H54N2O2S. The van der Waals surface area contributed by atoms with Crippen molar-refractivity contribution >= 4 is 34.7 Å². The molecule has 0 unspecified atom stereocenters. The van der Waals surface area contributed by atoms with Crippen LogP contribution < -0.4 is 10.6 Å². The van der Waals surface area contributed by atoms with Crippen molar-refractivity contribution < 1.29 is 9.59 Å². The van der Waals surface area contributed by atoms with E-state index in [1.807, 2.05) is 30.3 Å². The largest absolute Gasteiger partial charge is 0.384 e. The Bertz CT molecular complexity index is 1750. The van der Waals surface area contributed by atoms with Crippen LogP contribution in [0.4, 0.5) is 11.4 Å². The average Bonchev–Trinajstić information content (AvgIpc) is 3.15. The van der Waals surface area contributed by atoms with E-state index in [9.17, 15) is 9.59 Å². The van der Waals surface area contributed by atoms with E-state index >= 15 is 0 Å². The predicted molar refractivity (Wildman–Crippen MR) is 211 cm³/mol. The summed E-state index contributed by atoms with van der Waals surface area (Å²) in [5.41, 5.74) is 7.34. The summed E-state index contributed by atoms with van der Waals surface area (Å²) in [6, 6.07) is 27.4. The highest BCUT2D eigenvalue weighted by atomic mass is 32.2. The standard InChI is InChI=1S/C45H54N2O2S/c1-4-7-10-12-31-15-17-32(18-16-31)33-19-21-34(22-20-33)35-23-25-36(26-24-35)50-40-14-11-13-37-41(40)45(49)43-39(47-30-9-6-3)28-27-38(42(43)44(37)48)46-29-8-5-2/h11,13-14,19-28,31-32,46-47H,4-10,12,15-18,29-30H2,1-3H3. The zero-order valence-electron chi connectivity index (χ0n) is 30.3. The fraction of sp³-hybridized carbons (Fsp3) is 0.422. The molecule has 0 atom stereocenters. The lowest BCUT2D eigenvalue weighted by molar-refractivity contribution is 0.0978. The van der Waals surface area contributed by atoms with Crippen LogP contribution in [0.3, 0.4) is 0 Å². The molecule has 2 aliphatic rings. The summed E-state index contributed by atoms with van der Waals surface area (Å²) in [6.45, 7) is 8.10. The van der Waals surface area contributed by atoms with E-state index in [0.29, 0.717) is 28.2 Å². The van der Waals surface area contributed by atoms with Crippen molar-refractivity contribution in [2.24, 2.45) is 5.92 Å². The normalized spacial score (nSPS) is 16.9. The van der Waals surface area contributed by atoms with Gasteiger partial charge in [0, 0.05) is 45.4 Å². The highest BCUT2D eigenvalue weighted by molar-refractivity contribution is 7.99. The van der Waals surface area contributed by atoms with Gasteiger partial charge in [0.15, 0.2) is 11.6 Å². The minimum absolute atomic E-state index is 0.0856. The molecule has 5 heteroatoms. The molecule has 0 heterocycles. The lowest BCUT2D eigenvalue weighted by atomic mass is 9.77. The molecule has 4 aromatic carbocycles. The van der Waals surface area contributed by atoms with Crippen LogP contribution in [-0.4, -0.2) is 24.7 Å². The van der Waals surface area contributed by atoms with Gasteiger partial charge in [-0.05, 0) is 97.4 Å². The topological polar surface area (TPSA) is 58.2 Å². The van der Waals surface area contributed by atoms with E-state index in [1.165, 1.54) is 68.1 Å². The first-order chi connectivity index (χ1) is 24.5. The Balaban J connectivity index is 1.18. The number of carbonyl (C=O) groups excluding carboxylic acids is 2. The summed E-state index contributed by atoms with van der Waals surface area (Å²) in [6.07, 6.45) is 15.0. The van der Waals surface area contributed by atoms with Gasteiger partial charge in [-0.15, -0.1) is 0 Å².